The first kappa shape index (κ1) is 29.8. The second-order valence-corrected chi connectivity index (χ2v) is 18.7. The number of hydrogen-bond donors (Lipinski definition) is 0. The summed E-state index contributed by atoms with van der Waals surface area (Å²) in [6, 6.07) is 27.9. The van der Waals surface area contributed by atoms with Gasteiger partial charge in [-0.2, -0.15) is 13.5 Å². The van der Waals surface area contributed by atoms with E-state index in [9.17, 15) is 8.42 Å². The molecule has 1 aliphatic carbocycles. The number of nitrogens with zero attached hydrogens (tertiary/aromatic N) is 3. The molecule has 1 aliphatic heterocycles. The highest BCUT2D eigenvalue weighted by molar-refractivity contribution is 8.13. The van der Waals surface area contributed by atoms with Gasteiger partial charge in [-0.1, -0.05) is 118 Å². The van der Waals surface area contributed by atoms with E-state index in [4.69, 9.17) is 4.43 Å². The molecule has 3 aromatic rings. The molecule has 3 aromatic carbocycles. The Morgan fingerprint density at radius 3 is 2.02 bits per heavy atom. The summed E-state index contributed by atoms with van der Waals surface area (Å²) in [5.74, 6) is 0. The van der Waals surface area contributed by atoms with Crippen LogP contribution in [0, 0.1) is 5.41 Å². The molecule has 1 saturated carbocycles. The van der Waals surface area contributed by atoms with Crippen molar-refractivity contribution in [2.75, 3.05) is 12.8 Å². The van der Waals surface area contributed by atoms with Crippen LogP contribution in [-0.4, -0.2) is 45.9 Å². The lowest BCUT2D eigenvalue weighted by atomic mass is 9.89. The second-order valence-electron chi connectivity index (χ2n) is 12.0. The van der Waals surface area contributed by atoms with Gasteiger partial charge in [0.05, 0.1) is 18.0 Å². The number of rotatable bonds is 7. The third-order valence-corrected chi connectivity index (χ3v) is 15.3. The van der Waals surface area contributed by atoms with Gasteiger partial charge in [0.15, 0.2) is 5.17 Å². The fourth-order valence-corrected chi connectivity index (χ4v) is 12.5. The molecule has 0 unspecified atom stereocenters. The molecule has 216 valence electrons. The van der Waals surface area contributed by atoms with E-state index in [-0.39, 0.29) is 15.3 Å². The molecule has 1 spiro atoms. The van der Waals surface area contributed by atoms with E-state index in [1.165, 1.54) is 35.0 Å². The van der Waals surface area contributed by atoms with Gasteiger partial charge in [0.25, 0.3) is 18.3 Å². The minimum atomic E-state index is -3.89. The van der Waals surface area contributed by atoms with Gasteiger partial charge in [0.1, 0.15) is 0 Å². The number of thioether (sulfide) groups is 1. The van der Waals surface area contributed by atoms with Crippen LogP contribution in [0.5, 0.6) is 0 Å². The topological polar surface area (TPSA) is 71.3 Å². The van der Waals surface area contributed by atoms with Crippen LogP contribution in [0.2, 0.25) is 5.04 Å². The Labute approximate surface area is 250 Å². The number of amidine groups is 1. The predicted octanol–water partition coefficient (Wildman–Crippen LogP) is 6.03. The minimum Gasteiger partial charge on any atom is -0.403 e. The smallest absolute Gasteiger partial charge is 0.284 e. The summed E-state index contributed by atoms with van der Waals surface area (Å²) in [6.07, 6.45) is 8.41. The van der Waals surface area contributed by atoms with Gasteiger partial charge in [-0.15, -0.1) is 4.40 Å². The summed E-state index contributed by atoms with van der Waals surface area (Å²) in [5.41, 5.74) is 0.978. The zero-order valence-corrected chi connectivity index (χ0v) is 26.9. The van der Waals surface area contributed by atoms with Crippen LogP contribution in [-0.2, 0) is 21.1 Å². The van der Waals surface area contributed by atoms with Crippen molar-refractivity contribution in [3.8, 4) is 0 Å². The summed E-state index contributed by atoms with van der Waals surface area (Å²) in [6.45, 7) is 7.80. The van der Waals surface area contributed by atoms with Crippen molar-refractivity contribution in [1.82, 2.24) is 5.01 Å². The van der Waals surface area contributed by atoms with Crippen molar-refractivity contribution in [2.45, 2.75) is 63.0 Å². The van der Waals surface area contributed by atoms with Crippen LogP contribution < -0.4 is 10.4 Å². The van der Waals surface area contributed by atoms with Gasteiger partial charge in [-0.3, -0.25) is 0 Å². The molecule has 6 nitrogen and oxygen atoms in total. The number of sulfonamides is 1. The zero-order chi connectivity index (χ0) is 29.1. The molecule has 0 saturated heterocycles. The van der Waals surface area contributed by atoms with Gasteiger partial charge < -0.3 is 4.43 Å². The average Bonchev–Trinajstić information content (AvgIpc) is 3.62. The molecule has 1 heterocycles. The molecule has 41 heavy (non-hydrogen) atoms. The van der Waals surface area contributed by atoms with E-state index in [0.717, 1.165) is 18.4 Å². The zero-order valence-electron chi connectivity index (χ0n) is 24.3. The Kier molecular flexibility index (Phi) is 8.62. The Bertz CT molecular complexity index is 1460. The highest BCUT2D eigenvalue weighted by atomic mass is 32.2. The van der Waals surface area contributed by atoms with Gasteiger partial charge in [-0.25, -0.2) is 5.01 Å². The van der Waals surface area contributed by atoms with Crippen LogP contribution in [0.15, 0.2) is 99.3 Å². The Morgan fingerprint density at radius 1 is 0.951 bits per heavy atom. The summed E-state index contributed by atoms with van der Waals surface area (Å²) >= 11 is 1.31. The fraction of sp³-hybridized carbons (Fsp3) is 0.375. The molecule has 2 aliphatic rings. The average molecular weight is 606 g/mol. The molecule has 9 heteroatoms. The molecular formula is C32H39N3O3S2Si. The van der Waals surface area contributed by atoms with E-state index in [1.54, 1.807) is 17.1 Å². The molecule has 0 amide bonds. The predicted molar refractivity (Wildman–Crippen MR) is 173 cm³/mol. The molecule has 0 bridgehead atoms. The first-order valence-corrected chi connectivity index (χ1v) is 18.7. The van der Waals surface area contributed by atoms with Gasteiger partial charge in [0.2, 0.25) is 0 Å². The van der Waals surface area contributed by atoms with Crippen molar-refractivity contribution >= 4 is 51.9 Å². The third-order valence-electron chi connectivity index (χ3n) is 8.23. The lowest BCUT2D eigenvalue weighted by Gasteiger charge is -2.43. The van der Waals surface area contributed by atoms with E-state index >= 15 is 0 Å². The van der Waals surface area contributed by atoms with Crippen LogP contribution >= 0.6 is 11.8 Å². The normalized spacial score (nSPS) is 17.5. The Hall–Kier alpha value is -2.72. The first-order valence-electron chi connectivity index (χ1n) is 14.1. The number of hydrogen-bond acceptors (Lipinski definition) is 5. The SMILES string of the molecule is CSC(=NS(=O)(=O)c1ccc(CO[Si](c2ccccc2)(c2ccccc2)C(C)(C)C)cc1)N1CC2(C=N1)CCCC2. The third kappa shape index (κ3) is 6.09. The highest BCUT2D eigenvalue weighted by Crippen LogP contribution is 2.41. The van der Waals surface area contributed by atoms with Crippen molar-refractivity contribution < 1.29 is 12.8 Å². The molecule has 5 rings (SSSR count). The van der Waals surface area contributed by atoms with E-state index in [2.05, 4.69) is 78.8 Å². The molecule has 0 atom stereocenters. The van der Waals surface area contributed by atoms with E-state index in [1.807, 2.05) is 36.7 Å². The van der Waals surface area contributed by atoms with Crippen LogP contribution in [0.25, 0.3) is 0 Å². The molecule has 0 aromatic heterocycles. The van der Waals surface area contributed by atoms with E-state index in [0.29, 0.717) is 18.3 Å². The minimum absolute atomic E-state index is 0.0625. The van der Waals surface area contributed by atoms with E-state index < -0.39 is 18.3 Å². The highest BCUT2D eigenvalue weighted by Gasteiger charge is 2.50. The maximum atomic E-state index is 13.3. The van der Waals surface area contributed by atoms with Crippen molar-refractivity contribution in [3.63, 3.8) is 0 Å². The lowest BCUT2D eigenvalue weighted by Crippen LogP contribution is -2.66. The van der Waals surface area contributed by atoms with Crippen LogP contribution in [0.3, 0.4) is 0 Å². The Balaban J connectivity index is 1.38. The van der Waals surface area contributed by atoms with Gasteiger partial charge in [-0.05, 0) is 52.2 Å². The van der Waals surface area contributed by atoms with Crippen LogP contribution in [0.1, 0.15) is 52.0 Å². The maximum Gasteiger partial charge on any atom is 0.284 e. The van der Waals surface area contributed by atoms with Crippen LogP contribution in [0.4, 0.5) is 0 Å². The first-order chi connectivity index (χ1) is 19.6. The molecule has 0 radical (unpaired) electrons. The second kappa shape index (κ2) is 11.9. The molecule has 0 N–H and O–H groups in total. The molecule has 1 fully saturated rings. The van der Waals surface area contributed by atoms with Crippen molar-refractivity contribution in [2.24, 2.45) is 14.9 Å². The summed E-state index contributed by atoms with van der Waals surface area (Å²) in [4.78, 5) is 0.164. The summed E-state index contributed by atoms with van der Waals surface area (Å²) in [5, 5.41) is 8.96. The largest absolute Gasteiger partial charge is 0.403 e. The number of hydrazone groups is 1. The molecular weight excluding hydrogens is 567 g/mol. The summed E-state index contributed by atoms with van der Waals surface area (Å²) < 4.78 is 37.8. The quantitative estimate of drug-likeness (QED) is 0.187. The van der Waals surface area contributed by atoms with Gasteiger partial charge >= 0.3 is 0 Å². The van der Waals surface area contributed by atoms with Crippen molar-refractivity contribution in [3.05, 3.63) is 90.5 Å². The van der Waals surface area contributed by atoms with Gasteiger partial charge in [0, 0.05) is 11.6 Å². The lowest BCUT2D eigenvalue weighted by molar-refractivity contribution is 0.286. The maximum absolute atomic E-state index is 13.3. The Morgan fingerprint density at radius 2 is 1.51 bits per heavy atom. The fourth-order valence-electron chi connectivity index (χ4n) is 6.11. The summed E-state index contributed by atoms with van der Waals surface area (Å²) in [7, 11) is -6.59. The number of benzene rings is 3. The standard InChI is InChI=1S/C32H39N3O3S2Si/c1-31(2,3)41(28-13-7-5-8-14-28,29-15-9-6-10-16-29)38-23-26-17-19-27(20-18-26)40(36,37)34-30(39-4)35-25-32(24-33-35)21-11-12-22-32/h5-10,13-20,24H,11-12,21-23,25H2,1-4H3. The monoisotopic (exact) mass is 605 g/mol. The van der Waals surface area contributed by atoms with Crippen molar-refractivity contribution in [1.29, 1.82) is 0 Å².